The number of unbranched alkanes of at least 4 members (excludes halogenated alkanes) is 2. The van der Waals surface area contributed by atoms with Crippen molar-refractivity contribution in [2.75, 3.05) is 45.9 Å². The Labute approximate surface area is 212 Å². The van der Waals surface area contributed by atoms with Crippen LogP contribution in [0.1, 0.15) is 33.1 Å². The molecule has 1 amide bonds. The zero-order valence-electron chi connectivity index (χ0n) is 20.6. The molecular formula is C27H35ClN4O3. The van der Waals surface area contributed by atoms with E-state index in [9.17, 15) is 4.79 Å². The Morgan fingerprint density at radius 3 is 2.54 bits per heavy atom. The third kappa shape index (κ3) is 7.43. The lowest BCUT2D eigenvalue weighted by Gasteiger charge is -2.34. The van der Waals surface area contributed by atoms with Gasteiger partial charge in [0.25, 0.3) is 0 Å². The van der Waals surface area contributed by atoms with E-state index < -0.39 is 0 Å². The Bertz CT molecular complexity index is 1090. The first-order valence-electron chi connectivity index (χ1n) is 12.5. The molecule has 1 aromatic heterocycles. The number of ether oxygens (including phenoxy) is 1. The molecule has 188 valence electrons. The lowest BCUT2D eigenvalue weighted by atomic mass is 10.1. The molecule has 2 aromatic carbocycles. The second-order valence-electron chi connectivity index (χ2n) is 9.45. The summed E-state index contributed by atoms with van der Waals surface area (Å²) in [6, 6.07) is 13.7. The number of aromatic nitrogens is 1. The van der Waals surface area contributed by atoms with Gasteiger partial charge >= 0.3 is 0 Å². The monoisotopic (exact) mass is 498 g/mol. The molecule has 0 bridgehead atoms. The van der Waals surface area contributed by atoms with Crippen molar-refractivity contribution in [3.8, 4) is 17.0 Å². The topological polar surface area (TPSA) is 70.8 Å². The number of halogens is 1. The zero-order chi connectivity index (χ0) is 24.6. The van der Waals surface area contributed by atoms with Crippen LogP contribution in [0, 0.1) is 0 Å². The number of benzene rings is 2. The Morgan fingerprint density at radius 2 is 1.80 bits per heavy atom. The van der Waals surface area contributed by atoms with Crippen molar-refractivity contribution in [3.63, 3.8) is 0 Å². The molecule has 1 fully saturated rings. The van der Waals surface area contributed by atoms with Gasteiger partial charge in [-0.25, -0.2) is 0 Å². The third-order valence-electron chi connectivity index (χ3n) is 6.23. The van der Waals surface area contributed by atoms with Crippen LogP contribution < -0.4 is 10.1 Å². The van der Waals surface area contributed by atoms with Gasteiger partial charge in [0.05, 0.1) is 13.2 Å². The summed E-state index contributed by atoms with van der Waals surface area (Å²) in [6.45, 7) is 10.2. The molecule has 0 saturated carbocycles. The summed E-state index contributed by atoms with van der Waals surface area (Å²) >= 11 is 5.99. The van der Waals surface area contributed by atoms with Crippen molar-refractivity contribution >= 4 is 28.5 Å². The molecule has 0 aliphatic carbocycles. The first-order valence-corrected chi connectivity index (χ1v) is 12.9. The van der Waals surface area contributed by atoms with Gasteiger partial charge in [0.2, 0.25) is 5.91 Å². The minimum Gasteiger partial charge on any atom is -0.493 e. The predicted molar refractivity (Wildman–Crippen MR) is 140 cm³/mol. The average molecular weight is 499 g/mol. The maximum Gasteiger partial charge on any atom is 0.234 e. The summed E-state index contributed by atoms with van der Waals surface area (Å²) in [5, 5.41) is 8.85. The molecule has 1 N–H and O–H groups in total. The van der Waals surface area contributed by atoms with Crippen molar-refractivity contribution in [1.29, 1.82) is 0 Å². The van der Waals surface area contributed by atoms with Crippen LogP contribution in [0.3, 0.4) is 0 Å². The van der Waals surface area contributed by atoms with Crippen molar-refractivity contribution < 1.29 is 14.1 Å². The highest BCUT2D eigenvalue weighted by atomic mass is 35.5. The molecule has 8 heteroatoms. The Kier molecular flexibility index (Phi) is 9.01. The van der Waals surface area contributed by atoms with E-state index in [-0.39, 0.29) is 11.9 Å². The molecule has 1 aliphatic rings. The van der Waals surface area contributed by atoms with Gasteiger partial charge in [0.1, 0.15) is 11.4 Å². The van der Waals surface area contributed by atoms with E-state index in [0.717, 1.165) is 74.4 Å². The Morgan fingerprint density at radius 1 is 1.06 bits per heavy atom. The Balaban J connectivity index is 1.12. The van der Waals surface area contributed by atoms with E-state index in [1.807, 2.05) is 56.3 Å². The number of carbonyl (C=O) groups excluding carboxylic acids is 1. The van der Waals surface area contributed by atoms with Gasteiger partial charge in [0, 0.05) is 54.3 Å². The van der Waals surface area contributed by atoms with Crippen LogP contribution in [0.4, 0.5) is 0 Å². The quantitative estimate of drug-likeness (QED) is 0.381. The van der Waals surface area contributed by atoms with Crippen LogP contribution in [-0.2, 0) is 4.79 Å². The highest BCUT2D eigenvalue weighted by molar-refractivity contribution is 6.30. The van der Waals surface area contributed by atoms with Crippen LogP contribution in [0.25, 0.3) is 22.2 Å². The second kappa shape index (κ2) is 12.4. The summed E-state index contributed by atoms with van der Waals surface area (Å²) in [5.74, 6) is 0.923. The van der Waals surface area contributed by atoms with Gasteiger partial charge in [-0.3, -0.25) is 9.69 Å². The van der Waals surface area contributed by atoms with E-state index in [4.69, 9.17) is 20.9 Å². The van der Waals surface area contributed by atoms with Gasteiger partial charge < -0.3 is 19.5 Å². The zero-order valence-corrected chi connectivity index (χ0v) is 21.4. The minimum absolute atomic E-state index is 0.123. The molecule has 0 spiro atoms. The van der Waals surface area contributed by atoms with Crippen molar-refractivity contribution in [3.05, 3.63) is 47.5 Å². The van der Waals surface area contributed by atoms with E-state index in [2.05, 4.69) is 20.3 Å². The maximum absolute atomic E-state index is 11.9. The van der Waals surface area contributed by atoms with Gasteiger partial charge in [-0.2, -0.15) is 0 Å². The van der Waals surface area contributed by atoms with E-state index in [1.165, 1.54) is 0 Å². The number of rotatable bonds is 11. The van der Waals surface area contributed by atoms with Crippen LogP contribution in [0.2, 0.25) is 5.02 Å². The molecule has 1 aliphatic heterocycles. The molecule has 1 saturated heterocycles. The number of nitrogens with zero attached hydrogens (tertiary/aromatic N) is 3. The molecule has 2 heterocycles. The summed E-state index contributed by atoms with van der Waals surface area (Å²) in [7, 11) is 0. The van der Waals surface area contributed by atoms with Crippen LogP contribution in [-0.4, -0.2) is 72.8 Å². The van der Waals surface area contributed by atoms with Gasteiger partial charge in [0.15, 0.2) is 5.58 Å². The highest BCUT2D eigenvalue weighted by Crippen LogP contribution is 2.31. The lowest BCUT2D eigenvalue weighted by Crippen LogP contribution is -2.50. The minimum atomic E-state index is 0.123. The number of fused-ring (bicyclic) bond motifs is 1. The van der Waals surface area contributed by atoms with Gasteiger partial charge in [-0.1, -0.05) is 28.9 Å². The number of nitrogens with one attached hydrogen (secondary N) is 1. The number of carbonyl (C=O) groups is 1. The van der Waals surface area contributed by atoms with Crippen molar-refractivity contribution in [2.24, 2.45) is 0 Å². The van der Waals surface area contributed by atoms with Crippen molar-refractivity contribution in [1.82, 2.24) is 20.3 Å². The first-order chi connectivity index (χ1) is 17.0. The molecule has 35 heavy (non-hydrogen) atoms. The first kappa shape index (κ1) is 25.5. The summed E-state index contributed by atoms with van der Waals surface area (Å²) in [5.41, 5.74) is 2.50. The predicted octanol–water partition coefficient (Wildman–Crippen LogP) is 4.84. The number of hydrogen-bond acceptors (Lipinski definition) is 6. The molecule has 7 nitrogen and oxygen atoms in total. The standard InChI is InChI=1S/C27H35ClN4O3/c1-20(2)29-26(33)19-32-15-13-31(14-16-32)12-4-3-5-17-34-23-10-11-24-25(18-23)35-30-27(24)21-6-8-22(28)9-7-21/h6-11,18,20H,3-5,12-17,19H2,1-2H3,(H,29,33). The fourth-order valence-corrected chi connectivity index (χ4v) is 4.50. The van der Waals surface area contributed by atoms with E-state index >= 15 is 0 Å². The molecule has 0 atom stereocenters. The molecule has 4 rings (SSSR count). The SMILES string of the molecule is CC(C)NC(=O)CN1CCN(CCCCCOc2ccc3c(-c4ccc(Cl)cc4)noc3c2)CC1. The summed E-state index contributed by atoms with van der Waals surface area (Å²) < 4.78 is 11.5. The smallest absolute Gasteiger partial charge is 0.234 e. The molecule has 3 aromatic rings. The van der Waals surface area contributed by atoms with Crippen LogP contribution in [0.15, 0.2) is 47.0 Å². The van der Waals surface area contributed by atoms with Gasteiger partial charge in [-0.05, 0) is 63.9 Å². The molecule has 0 unspecified atom stereocenters. The van der Waals surface area contributed by atoms with Gasteiger partial charge in [-0.15, -0.1) is 0 Å². The largest absolute Gasteiger partial charge is 0.493 e. The number of amides is 1. The Hall–Kier alpha value is -2.61. The summed E-state index contributed by atoms with van der Waals surface area (Å²) in [6.07, 6.45) is 3.30. The fourth-order valence-electron chi connectivity index (χ4n) is 4.37. The third-order valence-corrected chi connectivity index (χ3v) is 6.48. The maximum atomic E-state index is 11.9. The second-order valence-corrected chi connectivity index (χ2v) is 9.88. The molecular weight excluding hydrogens is 464 g/mol. The fraction of sp³-hybridized carbons (Fsp3) is 0.481. The number of piperazine rings is 1. The van der Waals surface area contributed by atoms with Crippen LogP contribution >= 0.6 is 11.6 Å². The van der Waals surface area contributed by atoms with Crippen LogP contribution in [0.5, 0.6) is 5.75 Å². The average Bonchev–Trinajstić information content (AvgIpc) is 3.25. The van der Waals surface area contributed by atoms with E-state index in [0.29, 0.717) is 23.8 Å². The highest BCUT2D eigenvalue weighted by Gasteiger charge is 2.18. The molecule has 0 radical (unpaired) electrons. The van der Waals surface area contributed by atoms with Crippen molar-refractivity contribution in [2.45, 2.75) is 39.2 Å². The summed E-state index contributed by atoms with van der Waals surface area (Å²) in [4.78, 5) is 16.7. The van der Waals surface area contributed by atoms with E-state index in [1.54, 1.807) is 0 Å². The normalized spacial score (nSPS) is 15.1. The number of hydrogen-bond donors (Lipinski definition) is 1. The lowest BCUT2D eigenvalue weighted by molar-refractivity contribution is -0.123.